The van der Waals surface area contributed by atoms with Crippen molar-refractivity contribution in [3.05, 3.63) is 24.6 Å². The van der Waals surface area contributed by atoms with Gasteiger partial charge in [0.1, 0.15) is 0 Å². The van der Waals surface area contributed by atoms with Crippen molar-refractivity contribution in [1.29, 1.82) is 0 Å². The van der Waals surface area contributed by atoms with Crippen LogP contribution in [0.15, 0.2) is 34.5 Å². The zero-order valence-corrected chi connectivity index (χ0v) is 5.83. The molecule has 1 N–H and O–H groups in total. The van der Waals surface area contributed by atoms with Gasteiger partial charge < -0.3 is 5.32 Å². The SMILES string of the molecule is C=CN=C1N=CN/C1=C/C. The zero-order chi connectivity index (χ0) is 7.40. The molecule has 0 bridgehead atoms. The molecule has 3 heteroatoms. The van der Waals surface area contributed by atoms with Gasteiger partial charge in [-0.25, -0.2) is 9.98 Å². The van der Waals surface area contributed by atoms with Crippen LogP contribution in [-0.4, -0.2) is 12.2 Å². The Morgan fingerprint density at radius 1 is 1.80 bits per heavy atom. The first kappa shape index (κ1) is 6.74. The van der Waals surface area contributed by atoms with Crippen LogP contribution in [-0.2, 0) is 0 Å². The van der Waals surface area contributed by atoms with E-state index in [0.29, 0.717) is 5.84 Å². The van der Waals surface area contributed by atoms with Gasteiger partial charge in [0.15, 0.2) is 5.84 Å². The molecular weight excluding hydrogens is 126 g/mol. The van der Waals surface area contributed by atoms with Crippen LogP contribution in [0.2, 0.25) is 0 Å². The standard InChI is InChI=1S/C7H9N3/c1-3-6-7(8-4-2)10-5-9-6/h3-5H,2H2,1H3,(H,8,9,10)/b6-3+. The fourth-order valence-electron chi connectivity index (χ4n) is 0.699. The Labute approximate surface area is 59.9 Å². The Balaban J connectivity index is 2.86. The van der Waals surface area contributed by atoms with Gasteiger partial charge in [-0.3, -0.25) is 0 Å². The van der Waals surface area contributed by atoms with E-state index in [1.165, 1.54) is 6.20 Å². The normalized spacial score (nSPS) is 23.7. The van der Waals surface area contributed by atoms with Gasteiger partial charge in [-0.1, -0.05) is 12.7 Å². The average molecular weight is 135 g/mol. The third-order valence-electron chi connectivity index (χ3n) is 1.15. The second kappa shape index (κ2) is 2.96. The monoisotopic (exact) mass is 135 g/mol. The summed E-state index contributed by atoms with van der Waals surface area (Å²) in [6.07, 6.45) is 5.00. The van der Waals surface area contributed by atoms with E-state index in [9.17, 15) is 0 Å². The van der Waals surface area contributed by atoms with E-state index in [1.54, 1.807) is 6.34 Å². The van der Waals surface area contributed by atoms with E-state index >= 15 is 0 Å². The van der Waals surface area contributed by atoms with Crippen molar-refractivity contribution in [3.8, 4) is 0 Å². The van der Waals surface area contributed by atoms with Crippen LogP contribution in [0.25, 0.3) is 0 Å². The van der Waals surface area contributed by atoms with Crippen LogP contribution in [0.4, 0.5) is 0 Å². The van der Waals surface area contributed by atoms with Gasteiger partial charge in [-0.15, -0.1) is 0 Å². The molecule has 0 radical (unpaired) electrons. The molecule has 0 fully saturated rings. The molecule has 0 saturated heterocycles. The maximum Gasteiger partial charge on any atom is 0.176 e. The topological polar surface area (TPSA) is 36.8 Å². The van der Waals surface area contributed by atoms with Crippen LogP contribution in [0.1, 0.15) is 6.92 Å². The summed E-state index contributed by atoms with van der Waals surface area (Å²) in [4.78, 5) is 7.88. The molecule has 0 aromatic carbocycles. The van der Waals surface area contributed by atoms with Gasteiger partial charge in [0, 0.05) is 6.20 Å². The van der Waals surface area contributed by atoms with Gasteiger partial charge in [-0.05, 0) is 6.92 Å². The summed E-state index contributed by atoms with van der Waals surface area (Å²) in [5.41, 5.74) is 0.930. The highest BCUT2D eigenvalue weighted by Gasteiger charge is 2.06. The minimum absolute atomic E-state index is 0.692. The first-order valence-corrected chi connectivity index (χ1v) is 3.03. The molecule has 1 aliphatic heterocycles. The average Bonchev–Trinajstić information content (AvgIpc) is 2.36. The van der Waals surface area contributed by atoms with Crippen LogP contribution in [0.5, 0.6) is 0 Å². The third-order valence-corrected chi connectivity index (χ3v) is 1.15. The Kier molecular flexibility index (Phi) is 1.99. The van der Waals surface area contributed by atoms with E-state index in [1.807, 2.05) is 13.0 Å². The number of hydrogen-bond donors (Lipinski definition) is 1. The molecule has 0 unspecified atom stereocenters. The van der Waals surface area contributed by atoms with Crippen molar-refractivity contribution in [2.24, 2.45) is 9.98 Å². The highest BCUT2D eigenvalue weighted by atomic mass is 15.1. The molecule has 10 heavy (non-hydrogen) atoms. The van der Waals surface area contributed by atoms with E-state index in [2.05, 4.69) is 21.9 Å². The first-order chi connectivity index (χ1) is 4.88. The van der Waals surface area contributed by atoms with E-state index in [-0.39, 0.29) is 0 Å². The highest BCUT2D eigenvalue weighted by Crippen LogP contribution is 2.00. The van der Waals surface area contributed by atoms with Crippen LogP contribution >= 0.6 is 0 Å². The van der Waals surface area contributed by atoms with E-state index in [4.69, 9.17) is 0 Å². The lowest BCUT2D eigenvalue weighted by Crippen LogP contribution is -2.07. The summed E-state index contributed by atoms with van der Waals surface area (Å²) in [6.45, 7) is 5.40. The molecule has 52 valence electrons. The smallest absolute Gasteiger partial charge is 0.176 e. The third kappa shape index (κ3) is 1.13. The maximum atomic E-state index is 3.95. The summed E-state index contributed by atoms with van der Waals surface area (Å²) >= 11 is 0. The lowest BCUT2D eigenvalue weighted by molar-refractivity contribution is 1.27. The fourth-order valence-corrected chi connectivity index (χ4v) is 0.699. The summed E-state index contributed by atoms with van der Waals surface area (Å²) < 4.78 is 0. The molecule has 0 atom stereocenters. The number of aliphatic imine (C=N–C) groups is 2. The largest absolute Gasteiger partial charge is 0.343 e. The molecule has 3 nitrogen and oxygen atoms in total. The number of rotatable bonds is 1. The molecule has 0 aromatic rings. The summed E-state index contributed by atoms with van der Waals surface area (Å²) in [6, 6.07) is 0. The van der Waals surface area contributed by atoms with Crippen LogP contribution in [0.3, 0.4) is 0 Å². The van der Waals surface area contributed by atoms with Crippen molar-refractivity contribution in [2.45, 2.75) is 6.92 Å². The minimum atomic E-state index is 0.692. The van der Waals surface area contributed by atoms with E-state index in [0.717, 1.165) is 5.70 Å². The van der Waals surface area contributed by atoms with Gasteiger partial charge >= 0.3 is 0 Å². The van der Waals surface area contributed by atoms with Crippen molar-refractivity contribution < 1.29 is 0 Å². The molecule has 0 aliphatic carbocycles. The Morgan fingerprint density at radius 3 is 3.20 bits per heavy atom. The molecular formula is C7H9N3. The lowest BCUT2D eigenvalue weighted by atomic mass is 10.4. The van der Waals surface area contributed by atoms with Crippen molar-refractivity contribution in [1.82, 2.24) is 5.32 Å². The summed E-state index contributed by atoms with van der Waals surface area (Å²) in [5, 5.41) is 2.93. The Hall–Kier alpha value is -1.38. The van der Waals surface area contributed by atoms with Crippen molar-refractivity contribution >= 4 is 12.2 Å². The van der Waals surface area contributed by atoms with Gasteiger partial charge in [0.25, 0.3) is 0 Å². The van der Waals surface area contributed by atoms with Crippen LogP contribution in [0, 0.1) is 0 Å². The summed E-state index contributed by atoms with van der Waals surface area (Å²) in [5.74, 6) is 0.692. The molecule has 1 aliphatic rings. The van der Waals surface area contributed by atoms with Gasteiger partial charge in [0.05, 0.1) is 12.0 Å². The maximum absolute atomic E-state index is 3.95. The number of hydrogen-bond acceptors (Lipinski definition) is 2. The van der Waals surface area contributed by atoms with Crippen molar-refractivity contribution in [3.63, 3.8) is 0 Å². The Bertz CT molecular complexity index is 223. The quantitative estimate of drug-likeness (QED) is 0.573. The second-order valence-corrected chi connectivity index (χ2v) is 1.74. The van der Waals surface area contributed by atoms with Gasteiger partial charge in [0.2, 0.25) is 0 Å². The molecule has 0 spiro atoms. The highest BCUT2D eigenvalue weighted by molar-refractivity contribution is 6.08. The number of amidine groups is 1. The number of nitrogens with zero attached hydrogens (tertiary/aromatic N) is 2. The lowest BCUT2D eigenvalue weighted by Gasteiger charge is -1.93. The predicted molar refractivity (Wildman–Crippen MR) is 43.0 cm³/mol. The summed E-state index contributed by atoms with van der Waals surface area (Å²) in [7, 11) is 0. The fraction of sp³-hybridized carbons (Fsp3) is 0.143. The second-order valence-electron chi connectivity index (χ2n) is 1.74. The molecule has 0 saturated carbocycles. The van der Waals surface area contributed by atoms with Gasteiger partial charge in [-0.2, -0.15) is 0 Å². The minimum Gasteiger partial charge on any atom is -0.343 e. The van der Waals surface area contributed by atoms with Crippen LogP contribution < -0.4 is 5.32 Å². The first-order valence-electron chi connectivity index (χ1n) is 3.03. The van der Waals surface area contributed by atoms with Crippen molar-refractivity contribution in [2.75, 3.05) is 0 Å². The molecule has 0 aromatic heterocycles. The number of allylic oxidation sites excluding steroid dienone is 1. The molecule has 1 rings (SSSR count). The predicted octanol–water partition coefficient (Wildman–Crippen LogP) is 1.06. The molecule has 1 heterocycles. The van der Waals surface area contributed by atoms with E-state index < -0.39 is 0 Å². The zero-order valence-electron chi connectivity index (χ0n) is 5.83. The number of nitrogens with one attached hydrogen (secondary N) is 1. The molecule has 0 amide bonds. The Morgan fingerprint density at radius 2 is 2.60 bits per heavy atom.